The smallest absolute Gasteiger partial charge is 0.0713 e. The molecule has 0 saturated heterocycles. The lowest BCUT2D eigenvalue weighted by Crippen LogP contribution is -2.28. The molecule has 12 aromatic rings. The van der Waals surface area contributed by atoms with Gasteiger partial charge in [-0.1, -0.05) is 231 Å². The van der Waals surface area contributed by atoms with Crippen LogP contribution in [0.15, 0.2) is 273 Å². The van der Waals surface area contributed by atoms with Gasteiger partial charge in [0.2, 0.25) is 0 Å². The van der Waals surface area contributed by atoms with Gasteiger partial charge in [-0.15, -0.1) is 0 Å². The van der Waals surface area contributed by atoms with E-state index in [1.54, 1.807) is 0 Å². The Bertz CT molecular complexity index is 3790. The quantitative estimate of drug-likeness (QED) is 0.138. The minimum atomic E-state index is -0.457. The molecule has 0 radical (unpaired) electrons. The van der Waals surface area contributed by atoms with Crippen LogP contribution in [0.5, 0.6) is 0 Å². The van der Waals surface area contributed by atoms with Gasteiger partial charge in [-0.3, -0.25) is 0 Å². The van der Waals surface area contributed by atoms with E-state index in [-0.39, 0.29) is 0 Å². The van der Waals surface area contributed by atoms with Gasteiger partial charge in [-0.2, -0.15) is 0 Å². The van der Waals surface area contributed by atoms with E-state index in [1.165, 1.54) is 99.1 Å². The fourth-order valence-corrected chi connectivity index (χ4v) is 11.2. The van der Waals surface area contributed by atoms with Crippen molar-refractivity contribution in [1.29, 1.82) is 0 Å². The Morgan fingerprint density at radius 3 is 1.44 bits per heavy atom. The molecule has 1 heteroatoms. The summed E-state index contributed by atoms with van der Waals surface area (Å²) < 4.78 is 0. The molecule has 318 valence electrons. The van der Waals surface area contributed by atoms with E-state index in [0.29, 0.717) is 0 Å². The highest BCUT2D eigenvalue weighted by atomic mass is 15.1. The van der Waals surface area contributed by atoms with Crippen LogP contribution in [-0.4, -0.2) is 0 Å². The van der Waals surface area contributed by atoms with Crippen molar-refractivity contribution in [3.8, 4) is 44.5 Å². The van der Waals surface area contributed by atoms with Gasteiger partial charge in [0.05, 0.1) is 11.1 Å². The minimum absolute atomic E-state index is 0.457. The lowest BCUT2D eigenvalue weighted by atomic mass is 9.67. The molecule has 0 aromatic heterocycles. The average Bonchev–Trinajstić information content (AvgIpc) is 3.72. The predicted molar refractivity (Wildman–Crippen MR) is 287 cm³/mol. The van der Waals surface area contributed by atoms with Crippen molar-refractivity contribution < 1.29 is 0 Å². The van der Waals surface area contributed by atoms with E-state index in [2.05, 4.69) is 278 Å². The average molecular weight is 864 g/mol. The third-order valence-electron chi connectivity index (χ3n) is 14.3. The second kappa shape index (κ2) is 16.3. The Kier molecular flexibility index (Phi) is 9.47. The van der Waals surface area contributed by atoms with Gasteiger partial charge in [0.15, 0.2) is 0 Å². The van der Waals surface area contributed by atoms with E-state index < -0.39 is 5.41 Å². The van der Waals surface area contributed by atoms with E-state index in [4.69, 9.17) is 0 Å². The van der Waals surface area contributed by atoms with Gasteiger partial charge < -0.3 is 4.90 Å². The first-order valence-corrected chi connectivity index (χ1v) is 23.6. The molecular weight excluding hydrogens is 819 g/mol. The number of nitrogens with zero attached hydrogens (tertiary/aromatic N) is 1. The molecule has 0 bridgehead atoms. The first-order valence-electron chi connectivity index (χ1n) is 23.6. The van der Waals surface area contributed by atoms with Crippen LogP contribution in [0.4, 0.5) is 17.1 Å². The first kappa shape index (κ1) is 39.6. The zero-order valence-electron chi connectivity index (χ0n) is 37.4. The Morgan fingerprint density at radius 1 is 0.250 bits per heavy atom. The number of anilines is 3. The summed E-state index contributed by atoms with van der Waals surface area (Å²) in [7, 11) is 0. The van der Waals surface area contributed by atoms with Gasteiger partial charge in [-0.25, -0.2) is 0 Å². The Morgan fingerprint density at radius 2 is 0.735 bits per heavy atom. The highest BCUT2D eigenvalue weighted by molar-refractivity contribution is 6.14. The van der Waals surface area contributed by atoms with Gasteiger partial charge in [0, 0.05) is 16.8 Å². The molecule has 13 rings (SSSR count). The van der Waals surface area contributed by atoms with Crippen LogP contribution in [0.3, 0.4) is 0 Å². The summed E-state index contributed by atoms with van der Waals surface area (Å²) in [4.78, 5) is 2.43. The molecule has 1 nitrogen and oxygen atoms in total. The first-order chi connectivity index (χ1) is 33.7. The molecule has 0 heterocycles. The highest BCUT2D eigenvalue weighted by Gasteiger charge is 2.46. The Hall–Kier alpha value is -8.78. The molecule has 12 aromatic carbocycles. The number of fused-ring (bicyclic) bond motifs is 7. The highest BCUT2D eigenvalue weighted by Crippen LogP contribution is 2.57. The SMILES string of the molecule is c1ccc(C2(c3ccccc3)c3ccccc3-c3ccc(-c4ccc(N(c5ccc(-c6cccc(-c7cccc8ccccc78)c6)cc5)c5cc6ccccc6c6ccccc56)cc4)cc32)cc1. The van der Waals surface area contributed by atoms with Crippen LogP contribution >= 0.6 is 0 Å². The largest absolute Gasteiger partial charge is 0.310 e. The van der Waals surface area contributed by atoms with Crippen LogP contribution in [0.25, 0.3) is 76.8 Å². The third-order valence-corrected chi connectivity index (χ3v) is 14.3. The lowest BCUT2D eigenvalue weighted by Gasteiger charge is -2.34. The summed E-state index contributed by atoms with van der Waals surface area (Å²) in [6.07, 6.45) is 0. The molecular formula is C67H45N. The fourth-order valence-electron chi connectivity index (χ4n) is 11.2. The number of benzene rings is 12. The van der Waals surface area contributed by atoms with Crippen molar-refractivity contribution in [3.63, 3.8) is 0 Å². The molecule has 0 saturated carbocycles. The molecule has 1 aliphatic carbocycles. The maximum absolute atomic E-state index is 2.45. The zero-order valence-corrected chi connectivity index (χ0v) is 37.4. The summed E-state index contributed by atoms with van der Waals surface area (Å²) in [5.74, 6) is 0. The molecule has 0 atom stereocenters. The normalized spacial score (nSPS) is 12.5. The van der Waals surface area contributed by atoms with Crippen LogP contribution < -0.4 is 4.90 Å². The third kappa shape index (κ3) is 6.39. The second-order valence-electron chi connectivity index (χ2n) is 18.0. The molecule has 0 spiro atoms. The van der Waals surface area contributed by atoms with Crippen LogP contribution in [0.1, 0.15) is 22.3 Å². The molecule has 0 amide bonds. The number of hydrogen-bond acceptors (Lipinski definition) is 1. The maximum atomic E-state index is 2.45. The number of hydrogen-bond donors (Lipinski definition) is 0. The van der Waals surface area contributed by atoms with Gasteiger partial charge in [0.25, 0.3) is 0 Å². The summed E-state index contributed by atoms with van der Waals surface area (Å²) in [6.45, 7) is 0. The van der Waals surface area contributed by atoms with Crippen LogP contribution in [0, 0.1) is 0 Å². The van der Waals surface area contributed by atoms with Crippen LogP contribution in [0.2, 0.25) is 0 Å². The maximum Gasteiger partial charge on any atom is 0.0713 e. The summed E-state index contributed by atoms with van der Waals surface area (Å²) >= 11 is 0. The van der Waals surface area contributed by atoms with Crippen molar-refractivity contribution in [2.75, 3.05) is 4.90 Å². The van der Waals surface area contributed by atoms with Gasteiger partial charge in [-0.05, 0) is 136 Å². The lowest BCUT2D eigenvalue weighted by molar-refractivity contribution is 0.769. The molecule has 0 aliphatic heterocycles. The monoisotopic (exact) mass is 863 g/mol. The van der Waals surface area contributed by atoms with Crippen molar-refractivity contribution in [3.05, 3.63) is 295 Å². The summed E-state index contributed by atoms with van der Waals surface area (Å²) in [6, 6.07) is 101. The Labute approximate surface area is 397 Å². The molecule has 0 unspecified atom stereocenters. The van der Waals surface area contributed by atoms with Crippen molar-refractivity contribution in [2.24, 2.45) is 0 Å². The Balaban J connectivity index is 0.931. The van der Waals surface area contributed by atoms with Crippen molar-refractivity contribution >= 4 is 49.4 Å². The van der Waals surface area contributed by atoms with Gasteiger partial charge >= 0.3 is 0 Å². The molecule has 0 fully saturated rings. The van der Waals surface area contributed by atoms with Crippen LogP contribution in [-0.2, 0) is 5.41 Å². The van der Waals surface area contributed by atoms with E-state index in [9.17, 15) is 0 Å². The molecule has 0 N–H and O–H groups in total. The van der Waals surface area contributed by atoms with Crippen molar-refractivity contribution in [2.45, 2.75) is 5.41 Å². The molecule has 1 aliphatic rings. The van der Waals surface area contributed by atoms with Gasteiger partial charge in [0.1, 0.15) is 0 Å². The fraction of sp³-hybridized carbons (Fsp3) is 0.0149. The minimum Gasteiger partial charge on any atom is -0.310 e. The van der Waals surface area contributed by atoms with E-state index >= 15 is 0 Å². The standard InChI is InChI=1S/C67H45N/c1-3-22-53(23-4-1)67(54-24-5-2-6-25-54)64-32-14-13-29-61(64)62-42-37-50(44-65(62)67)47-35-40-56(41-36-47)68(66-45-52-18-8-10-27-59(52)60-28-11-12-30-63(60)66)55-38-33-46(34-39-55)49-20-15-21-51(43-49)58-31-16-19-48-17-7-9-26-57(48)58/h1-45H. The number of rotatable bonds is 8. The predicted octanol–water partition coefficient (Wildman–Crippen LogP) is 18.0. The van der Waals surface area contributed by atoms with E-state index in [0.717, 1.165) is 17.1 Å². The summed E-state index contributed by atoms with van der Waals surface area (Å²) in [5, 5.41) is 7.43. The molecule has 68 heavy (non-hydrogen) atoms. The second-order valence-corrected chi connectivity index (χ2v) is 18.0. The van der Waals surface area contributed by atoms with E-state index in [1.807, 2.05) is 0 Å². The summed E-state index contributed by atoms with van der Waals surface area (Å²) in [5.41, 5.74) is 17.8. The van der Waals surface area contributed by atoms with Crippen molar-refractivity contribution in [1.82, 2.24) is 0 Å². The topological polar surface area (TPSA) is 3.24 Å². The zero-order chi connectivity index (χ0) is 45.0.